The van der Waals surface area contributed by atoms with Crippen molar-refractivity contribution >= 4 is 17.7 Å². The van der Waals surface area contributed by atoms with E-state index < -0.39 is 29.3 Å². The van der Waals surface area contributed by atoms with Crippen LogP contribution in [0, 0.1) is 0 Å². The van der Waals surface area contributed by atoms with Gasteiger partial charge in [0.15, 0.2) is 0 Å². The summed E-state index contributed by atoms with van der Waals surface area (Å²) in [5.41, 5.74) is -0.430. The molecule has 1 aromatic rings. The number of carbonyl (C=O) groups is 3. The van der Waals surface area contributed by atoms with Gasteiger partial charge in [-0.2, -0.15) is 0 Å². The second kappa shape index (κ2) is 10.7. The lowest BCUT2D eigenvalue weighted by molar-refractivity contribution is -0.164. The van der Waals surface area contributed by atoms with Gasteiger partial charge in [0, 0.05) is 18.9 Å². The van der Waals surface area contributed by atoms with E-state index in [1.165, 1.54) is 4.90 Å². The molecule has 164 valence electrons. The number of likely N-dealkylation sites (tertiary alicyclic amines) is 1. The van der Waals surface area contributed by atoms with Gasteiger partial charge in [-0.3, -0.25) is 14.6 Å². The number of hydrogen-bond acceptors (Lipinski definition) is 6. The van der Waals surface area contributed by atoms with Crippen LogP contribution in [0.4, 0.5) is 0 Å². The van der Waals surface area contributed by atoms with E-state index in [1.54, 1.807) is 6.20 Å². The van der Waals surface area contributed by atoms with Crippen molar-refractivity contribution in [1.29, 1.82) is 0 Å². The van der Waals surface area contributed by atoms with Gasteiger partial charge in [0.2, 0.25) is 0 Å². The summed E-state index contributed by atoms with van der Waals surface area (Å²) in [6.45, 7) is 0.636. The van der Waals surface area contributed by atoms with Crippen LogP contribution in [0.15, 0.2) is 24.5 Å². The minimum Gasteiger partial charge on any atom is -0.464 e. The Kier molecular flexibility index (Phi) is 7.96. The van der Waals surface area contributed by atoms with Gasteiger partial charge in [-0.15, -0.1) is 0 Å². The number of aryl methyl sites for hydroxylation is 1. The Morgan fingerprint density at radius 3 is 2.67 bits per heavy atom. The van der Waals surface area contributed by atoms with Gasteiger partial charge in [0.05, 0.1) is 6.61 Å². The molecule has 3 rings (SSSR count). The molecule has 1 saturated heterocycles. The fourth-order valence-corrected chi connectivity index (χ4v) is 4.36. The number of pyridine rings is 1. The summed E-state index contributed by atoms with van der Waals surface area (Å²) in [6, 6.07) is 3.18. The SMILES string of the molecule is O=C(OCCCCc1cccnc1)C1CCCCN1C(=O)C(=O)C1(O)CCCCC1. The maximum absolute atomic E-state index is 12.9. The maximum Gasteiger partial charge on any atom is 0.328 e. The minimum atomic E-state index is -1.58. The highest BCUT2D eigenvalue weighted by atomic mass is 16.5. The Bertz CT molecular complexity index is 730. The molecule has 1 aliphatic carbocycles. The molecule has 0 bridgehead atoms. The highest BCUT2D eigenvalue weighted by Crippen LogP contribution is 2.30. The average Bonchev–Trinajstić information content (AvgIpc) is 2.79. The van der Waals surface area contributed by atoms with E-state index in [2.05, 4.69) is 4.98 Å². The molecular weight excluding hydrogens is 384 g/mol. The lowest BCUT2D eigenvalue weighted by Gasteiger charge is -2.36. The molecule has 1 saturated carbocycles. The minimum absolute atomic E-state index is 0.287. The number of rotatable bonds is 8. The van der Waals surface area contributed by atoms with Crippen LogP contribution in [0.3, 0.4) is 0 Å². The van der Waals surface area contributed by atoms with Crippen molar-refractivity contribution in [2.45, 2.75) is 82.3 Å². The monoisotopic (exact) mass is 416 g/mol. The zero-order valence-corrected chi connectivity index (χ0v) is 17.6. The molecule has 1 N–H and O–H groups in total. The molecule has 0 aromatic carbocycles. The van der Waals surface area contributed by atoms with E-state index in [0.717, 1.165) is 56.9 Å². The highest BCUT2D eigenvalue weighted by Gasteiger charge is 2.45. The molecule has 2 aliphatic rings. The van der Waals surface area contributed by atoms with Crippen molar-refractivity contribution in [2.75, 3.05) is 13.2 Å². The van der Waals surface area contributed by atoms with Crippen molar-refractivity contribution < 1.29 is 24.2 Å². The maximum atomic E-state index is 12.9. The van der Waals surface area contributed by atoms with Crippen molar-refractivity contribution in [3.05, 3.63) is 30.1 Å². The van der Waals surface area contributed by atoms with Gasteiger partial charge in [-0.1, -0.05) is 25.3 Å². The molecule has 0 radical (unpaired) electrons. The standard InChI is InChI=1S/C23H32N2O5/c26-20(23(29)12-4-1-5-13-23)21(27)25-15-6-2-11-19(25)22(28)30-16-7-3-9-18-10-8-14-24-17-18/h8,10,14,17,19,29H,1-7,9,11-13,15-16H2. The molecule has 1 atom stereocenters. The first-order chi connectivity index (χ1) is 14.5. The van der Waals surface area contributed by atoms with E-state index in [0.29, 0.717) is 25.8 Å². The number of carbonyl (C=O) groups excluding carboxylic acids is 3. The summed E-state index contributed by atoms with van der Waals surface area (Å²) in [6.07, 6.45) is 11.1. The zero-order valence-electron chi connectivity index (χ0n) is 17.6. The number of aliphatic hydroxyl groups is 1. The first-order valence-electron chi connectivity index (χ1n) is 11.1. The quantitative estimate of drug-likeness (QED) is 0.397. The van der Waals surface area contributed by atoms with E-state index in [9.17, 15) is 19.5 Å². The predicted octanol–water partition coefficient (Wildman–Crippen LogP) is 2.59. The van der Waals surface area contributed by atoms with E-state index in [-0.39, 0.29) is 6.61 Å². The largest absolute Gasteiger partial charge is 0.464 e. The zero-order chi connectivity index (χ0) is 21.4. The number of piperidine rings is 1. The number of esters is 1. The predicted molar refractivity (Wildman–Crippen MR) is 111 cm³/mol. The van der Waals surface area contributed by atoms with Crippen LogP contribution < -0.4 is 0 Å². The molecule has 7 nitrogen and oxygen atoms in total. The number of aromatic nitrogens is 1. The number of ketones is 1. The number of hydrogen-bond donors (Lipinski definition) is 1. The first-order valence-corrected chi connectivity index (χ1v) is 11.1. The number of unbranched alkanes of at least 4 members (excludes halogenated alkanes) is 1. The second-order valence-corrected chi connectivity index (χ2v) is 8.42. The van der Waals surface area contributed by atoms with E-state index >= 15 is 0 Å². The van der Waals surface area contributed by atoms with Crippen LogP contribution in [0.1, 0.15) is 69.8 Å². The number of Topliss-reactive ketones (excluding diaryl/α,β-unsaturated/α-hetero) is 1. The Labute approximate surface area is 177 Å². The number of nitrogens with zero attached hydrogens (tertiary/aromatic N) is 2. The normalized spacial score (nSPS) is 21.1. The Morgan fingerprint density at radius 2 is 1.93 bits per heavy atom. The van der Waals surface area contributed by atoms with Crippen molar-refractivity contribution in [3.63, 3.8) is 0 Å². The highest BCUT2D eigenvalue weighted by molar-refractivity contribution is 6.39. The Balaban J connectivity index is 1.49. The summed E-state index contributed by atoms with van der Waals surface area (Å²) >= 11 is 0. The molecule has 0 spiro atoms. The van der Waals surface area contributed by atoms with Gasteiger partial charge in [-0.05, 0) is 63.0 Å². The smallest absolute Gasteiger partial charge is 0.328 e. The van der Waals surface area contributed by atoms with Gasteiger partial charge in [0.25, 0.3) is 11.7 Å². The Morgan fingerprint density at radius 1 is 1.13 bits per heavy atom. The lowest BCUT2D eigenvalue weighted by atomic mass is 9.81. The summed E-state index contributed by atoms with van der Waals surface area (Å²) < 4.78 is 5.43. The molecule has 1 aliphatic heterocycles. The van der Waals surface area contributed by atoms with Gasteiger partial charge < -0.3 is 14.7 Å². The number of ether oxygens (including phenoxy) is 1. The molecule has 2 fully saturated rings. The third kappa shape index (κ3) is 5.65. The molecule has 30 heavy (non-hydrogen) atoms. The fraction of sp³-hybridized carbons (Fsp3) is 0.652. The van der Waals surface area contributed by atoms with E-state index in [4.69, 9.17) is 4.74 Å². The second-order valence-electron chi connectivity index (χ2n) is 8.42. The molecule has 1 aromatic heterocycles. The molecule has 7 heteroatoms. The third-order valence-corrected chi connectivity index (χ3v) is 6.16. The van der Waals surface area contributed by atoms with Crippen LogP contribution >= 0.6 is 0 Å². The van der Waals surface area contributed by atoms with Crippen molar-refractivity contribution in [1.82, 2.24) is 9.88 Å². The van der Waals surface area contributed by atoms with Crippen LogP contribution in [0.2, 0.25) is 0 Å². The van der Waals surface area contributed by atoms with Gasteiger partial charge in [0.1, 0.15) is 11.6 Å². The molecule has 2 heterocycles. The third-order valence-electron chi connectivity index (χ3n) is 6.16. The Hall–Kier alpha value is -2.28. The van der Waals surface area contributed by atoms with Crippen molar-refractivity contribution in [2.24, 2.45) is 0 Å². The molecule has 1 amide bonds. The van der Waals surface area contributed by atoms with E-state index in [1.807, 2.05) is 18.3 Å². The van der Waals surface area contributed by atoms with Crippen LogP contribution in [0.25, 0.3) is 0 Å². The summed E-state index contributed by atoms with van der Waals surface area (Å²) in [4.78, 5) is 43.6. The van der Waals surface area contributed by atoms with Crippen LogP contribution in [0.5, 0.6) is 0 Å². The average molecular weight is 417 g/mol. The summed E-state index contributed by atoms with van der Waals surface area (Å²) in [7, 11) is 0. The van der Waals surface area contributed by atoms with Crippen LogP contribution in [-0.2, 0) is 25.5 Å². The summed E-state index contributed by atoms with van der Waals surface area (Å²) in [5, 5.41) is 10.6. The lowest BCUT2D eigenvalue weighted by Crippen LogP contribution is -2.56. The van der Waals surface area contributed by atoms with Crippen molar-refractivity contribution in [3.8, 4) is 0 Å². The topological polar surface area (TPSA) is 96.8 Å². The number of amides is 1. The van der Waals surface area contributed by atoms with Gasteiger partial charge >= 0.3 is 5.97 Å². The van der Waals surface area contributed by atoms with Crippen LogP contribution in [-0.4, -0.2) is 57.4 Å². The summed E-state index contributed by atoms with van der Waals surface area (Å²) in [5.74, 6) is -1.95. The molecular formula is C23H32N2O5. The van der Waals surface area contributed by atoms with Gasteiger partial charge in [-0.25, -0.2) is 4.79 Å². The first kappa shape index (κ1) is 22.4. The fourth-order valence-electron chi connectivity index (χ4n) is 4.36. The molecule has 1 unspecified atom stereocenters.